The predicted molar refractivity (Wildman–Crippen MR) is 157 cm³/mol. The predicted octanol–water partition coefficient (Wildman–Crippen LogP) is 4.27. The summed E-state index contributed by atoms with van der Waals surface area (Å²) < 4.78 is -1.18. The molecule has 1 spiro atoms. The van der Waals surface area contributed by atoms with Gasteiger partial charge >= 0.3 is 0 Å². The number of benzene rings is 1. The van der Waals surface area contributed by atoms with E-state index in [2.05, 4.69) is 27.0 Å². The first-order chi connectivity index (χ1) is 18.7. The van der Waals surface area contributed by atoms with Crippen molar-refractivity contribution in [3.8, 4) is 0 Å². The third kappa shape index (κ3) is 4.95. The SMILES string of the molecule is C=CCN(CCCCC)C(=O)C1N([C@H](C)CO)C(=O)[C@@H]2[C@H](C(=O)N(CC=C)c3ccccc3)[C@]3(C)CCC12S3. The number of carbonyl (C=O) groups is 3. The monoisotopic (exact) mass is 553 g/mol. The molecule has 3 saturated heterocycles. The molecule has 2 unspecified atom stereocenters. The lowest BCUT2D eigenvalue weighted by atomic mass is 9.66. The molecule has 4 rings (SSSR count). The number of fused-ring (bicyclic) bond motifs is 1. The maximum Gasteiger partial charge on any atom is 0.247 e. The van der Waals surface area contributed by atoms with Crippen molar-refractivity contribution in [2.24, 2.45) is 11.8 Å². The standard InChI is InChI=1S/C31H43N3O4S/c1-6-9-13-20-32(18-7-2)29(38)26-31-17-16-30(5,39-31)24(25(31)28(37)34(26)22(4)21-35)27(36)33(19-8-3)23-14-11-10-12-15-23/h7-8,10-12,14-15,22,24-26,35H,2-3,6,9,13,16-21H2,1,4-5H3/t22-,24-,25+,26?,30+,31?/m1/s1. The molecule has 0 saturated carbocycles. The number of hydrogen-bond acceptors (Lipinski definition) is 5. The van der Waals surface area contributed by atoms with Crippen molar-refractivity contribution < 1.29 is 19.5 Å². The fourth-order valence-electron chi connectivity index (χ4n) is 6.98. The van der Waals surface area contributed by atoms with Crippen LogP contribution in [-0.4, -0.2) is 80.4 Å². The van der Waals surface area contributed by atoms with E-state index in [1.807, 2.05) is 35.2 Å². The second-order valence-corrected chi connectivity index (χ2v) is 13.3. The van der Waals surface area contributed by atoms with Gasteiger partial charge in [0.15, 0.2) is 0 Å². The fourth-order valence-corrected chi connectivity index (χ4v) is 9.31. The van der Waals surface area contributed by atoms with Crippen LogP contribution < -0.4 is 4.90 Å². The molecule has 0 aromatic heterocycles. The van der Waals surface area contributed by atoms with Crippen LogP contribution in [0.4, 0.5) is 5.69 Å². The highest BCUT2D eigenvalue weighted by atomic mass is 32.2. The number of hydrogen-bond donors (Lipinski definition) is 1. The summed E-state index contributed by atoms with van der Waals surface area (Å²) in [6, 6.07) is 8.22. The molecule has 212 valence electrons. The van der Waals surface area contributed by atoms with Crippen LogP contribution in [0.2, 0.25) is 0 Å². The number of amides is 3. The molecule has 3 aliphatic rings. The van der Waals surface area contributed by atoms with Gasteiger partial charge in [-0.1, -0.05) is 50.1 Å². The van der Waals surface area contributed by atoms with Crippen molar-refractivity contribution >= 4 is 35.2 Å². The zero-order chi connectivity index (χ0) is 28.4. The number of thioether (sulfide) groups is 1. The first-order valence-corrected chi connectivity index (χ1v) is 15.0. The second-order valence-electron chi connectivity index (χ2n) is 11.4. The van der Waals surface area contributed by atoms with Gasteiger partial charge in [0.2, 0.25) is 17.7 Å². The maximum atomic E-state index is 14.4. The molecule has 3 heterocycles. The van der Waals surface area contributed by atoms with Gasteiger partial charge in [0.25, 0.3) is 0 Å². The summed E-state index contributed by atoms with van der Waals surface area (Å²) in [5.41, 5.74) is 0.763. The lowest BCUT2D eigenvalue weighted by molar-refractivity contribution is -0.145. The fraction of sp³-hybridized carbons (Fsp3) is 0.581. The summed E-state index contributed by atoms with van der Waals surface area (Å²) in [5.74, 6) is -1.61. The lowest BCUT2D eigenvalue weighted by Gasteiger charge is -2.39. The molecule has 8 heteroatoms. The zero-order valence-corrected chi connectivity index (χ0v) is 24.4. The van der Waals surface area contributed by atoms with Crippen molar-refractivity contribution in [3.05, 3.63) is 55.6 Å². The van der Waals surface area contributed by atoms with E-state index >= 15 is 0 Å². The third-order valence-electron chi connectivity index (χ3n) is 8.79. The molecule has 1 aromatic carbocycles. The van der Waals surface area contributed by atoms with E-state index in [1.54, 1.807) is 40.6 Å². The van der Waals surface area contributed by atoms with Crippen molar-refractivity contribution in [1.82, 2.24) is 9.80 Å². The quantitative estimate of drug-likeness (QED) is 0.292. The Balaban J connectivity index is 1.77. The molecule has 2 bridgehead atoms. The van der Waals surface area contributed by atoms with E-state index in [-0.39, 0.29) is 24.3 Å². The van der Waals surface area contributed by atoms with Crippen molar-refractivity contribution in [2.45, 2.75) is 74.5 Å². The van der Waals surface area contributed by atoms with Gasteiger partial charge < -0.3 is 19.8 Å². The Hall–Kier alpha value is -2.58. The molecule has 0 aliphatic carbocycles. The van der Waals surface area contributed by atoms with Gasteiger partial charge in [-0.25, -0.2) is 0 Å². The Morgan fingerprint density at radius 2 is 1.85 bits per heavy atom. The molecule has 3 aliphatic heterocycles. The summed E-state index contributed by atoms with van der Waals surface area (Å²) in [4.78, 5) is 48.2. The van der Waals surface area contributed by atoms with E-state index < -0.39 is 33.4 Å². The van der Waals surface area contributed by atoms with Crippen LogP contribution in [0.1, 0.15) is 52.9 Å². The number of carbonyl (C=O) groups excluding carboxylic acids is 3. The molecule has 0 radical (unpaired) electrons. The maximum absolute atomic E-state index is 14.4. The molecule has 6 atom stereocenters. The van der Waals surface area contributed by atoms with Gasteiger partial charge in [-0.15, -0.1) is 24.9 Å². The molecular weight excluding hydrogens is 510 g/mol. The highest BCUT2D eigenvalue weighted by molar-refractivity contribution is 8.02. The average Bonchev–Trinajstić information content (AvgIpc) is 3.51. The minimum absolute atomic E-state index is 0.0991. The van der Waals surface area contributed by atoms with Crippen LogP contribution in [-0.2, 0) is 14.4 Å². The Labute approximate surface area is 237 Å². The van der Waals surface area contributed by atoms with Gasteiger partial charge in [-0.05, 0) is 45.2 Å². The molecule has 3 fully saturated rings. The Kier molecular flexibility index (Phi) is 8.96. The second kappa shape index (κ2) is 11.9. The Bertz CT molecular complexity index is 1100. The number of likely N-dealkylation sites (tertiary alicyclic amines) is 1. The summed E-state index contributed by atoms with van der Waals surface area (Å²) in [6.07, 6.45) is 7.79. The van der Waals surface area contributed by atoms with Gasteiger partial charge in [0.05, 0.1) is 29.2 Å². The van der Waals surface area contributed by atoms with Crippen molar-refractivity contribution in [3.63, 3.8) is 0 Å². The molecule has 3 amide bonds. The molecule has 39 heavy (non-hydrogen) atoms. The van der Waals surface area contributed by atoms with Gasteiger partial charge in [0.1, 0.15) is 6.04 Å². The normalized spacial score (nSPS) is 29.7. The van der Waals surface area contributed by atoms with Gasteiger partial charge in [-0.2, -0.15) is 0 Å². The van der Waals surface area contributed by atoms with E-state index in [1.165, 1.54) is 0 Å². The van der Waals surface area contributed by atoms with E-state index in [0.717, 1.165) is 31.4 Å². The average molecular weight is 554 g/mol. The van der Waals surface area contributed by atoms with E-state index in [0.29, 0.717) is 26.1 Å². The Morgan fingerprint density at radius 1 is 1.15 bits per heavy atom. The summed E-state index contributed by atoms with van der Waals surface area (Å²) in [7, 11) is 0. The van der Waals surface area contributed by atoms with Crippen LogP contribution in [0.5, 0.6) is 0 Å². The number of aliphatic hydroxyl groups is 1. The van der Waals surface area contributed by atoms with E-state index in [4.69, 9.17) is 0 Å². The van der Waals surface area contributed by atoms with Crippen LogP contribution in [0.3, 0.4) is 0 Å². The number of para-hydroxylation sites is 1. The summed E-state index contributed by atoms with van der Waals surface area (Å²) >= 11 is 1.66. The lowest BCUT2D eigenvalue weighted by Crippen LogP contribution is -2.57. The first kappa shape index (κ1) is 29.4. The largest absolute Gasteiger partial charge is 0.394 e. The number of aliphatic hydroxyl groups excluding tert-OH is 1. The smallest absolute Gasteiger partial charge is 0.247 e. The minimum Gasteiger partial charge on any atom is -0.394 e. The van der Waals surface area contributed by atoms with Crippen LogP contribution in [0.15, 0.2) is 55.6 Å². The van der Waals surface area contributed by atoms with Crippen LogP contribution >= 0.6 is 11.8 Å². The van der Waals surface area contributed by atoms with Crippen molar-refractivity contribution in [1.29, 1.82) is 0 Å². The number of anilines is 1. The van der Waals surface area contributed by atoms with E-state index in [9.17, 15) is 19.5 Å². The molecule has 7 nitrogen and oxygen atoms in total. The summed E-state index contributed by atoms with van der Waals surface area (Å²) in [6.45, 7) is 14.8. The Morgan fingerprint density at radius 3 is 2.46 bits per heavy atom. The molecule has 1 N–H and O–H groups in total. The molecular formula is C31H43N3O4S. The number of nitrogens with zero attached hydrogens (tertiary/aromatic N) is 3. The zero-order valence-electron chi connectivity index (χ0n) is 23.6. The van der Waals surface area contributed by atoms with Crippen LogP contribution in [0, 0.1) is 11.8 Å². The first-order valence-electron chi connectivity index (χ1n) is 14.2. The highest BCUT2D eigenvalue weighted by Crippen LogP contribution is 2.72. The van der Waals surface area contributed by atoms with Gasteiger partial charge in [-0.3, -0.25) is 14.4 Å². The van der Waals surface area contributed by atoms with Crippen molar-refractivity contribution in [2.75, 3.05) is 31.1 Å². The minimum atomic E-state index is -0.729. The highest BCUT2D eigenvalue weighted by Gasteiger charge is 2.77. The molecule has 1 aromatic rings. The summed E-state index contributed by atoms with van der Waals surface area (Å²) in [5, 5.41) is 10.2. The van der Waals surface area contributed by atoms with Gasteiger partial charge in [0, 0.05) is 30.1 Å². The third-order valence-corrected chi connectivity index (χ3v) is 10.8. The van der Waals surface area contributed by atoms with Crippen LogP contribution in [0.25, 0.3) is 0 Å². The topological polar surface area (TPSA) is 81.2 Å². The number of rotatable bonds is 13. The number of unbranched alkanes of at least 4 members (excludes halogenated alkanes) is 2.